The smallest absolute Gasteiger partial charge is 0.129 e. The Morgan fingerprint density at radius 1 is 1.00 bits per heavy atom. The number of pyridine rings is 3. The number of hydrogen-bond acceptors (Lipinski definition) is 6. The van der Waals surface area contributed by atoms with Gasteiger partial charge in [-0.15, -0.1) is 0 Å². The molecule has 1 fully saturated rings. The summed E-state index contributed by atoms with van der Waals surface area (Å²) in [7, 11) is 1.96. The second-order valence-electron chi connectivity index (χ2n) is 7.53. The van der Waals surface area contributed by atoms with Gasteiger partial charge in [-0.3, -0.25) is 19.5 Å². The van der Waals surface area contributed by atoms with E-state index in [9.17, 15) is 0 Å². The Labute approximate surface area is 180 Å². The van der Waals surface area contributed by atoms with Crippen LogP contribution in [0, 0.1) is 0 Å². The number of fused-ring (bicyclic) bond motifs is 1. The number of halogens is 1. The van der Waals surface area contributed by atoms with Gasteiger partial charge in [-0.1, -0.05) is 11.6 Å². The van der Waals surface area contributed by atoms with Crippen LogP contribution < -0.4 is 4.90 Å². The Kier molecular flexibility index (Phi) is 5.06. The molecule has 4 aromatic rings. The molecule has 30 heavy (non-hydrogen) atoms. The molecule has 0 atom stereocenters. The summed E-state index contributed by atoms with van der Waals surface area (Å²) in [5, 5.41) is 5.21. The van der Waals surface area contributed by atoms with Crippen LogP contribution in [-0.4, -0.2) is 55.8 Å². The van der Waals surface area contributed by atoms with Crippen molar-refractivity contribution in [1.82, 2.24) is 29.6 Å². The van der Waals surface area contributed by atoms with E-state index in [0.29, 0.717) is 5.15 Å². The number of rotatable bonds is 4. The molecule has 0 unspecified atom stereocenters. The monoisotopic (exact) mass is 419 g/mol. The van der Waals surface area contributed by atoms with Crippen LogP contribution >= 0.6 is 11.6 Å². The van der Waals surface area contributed by atoms with Crippen molar-refractivity contribution < 1.29 is 0 Å². The van der Waals surface area contributed by atoms with Gasteiger partial charge in [-0.05, 0) is 30.3 Å². The third-order valence-electron chi connectivity index (χ3n) is 5.49. The standard InChI is InChI=1S/C22H22ClN7/c1-28-14-18(16-12-20-19(25-13-16)2-3-22(23)26-20)21(27-28)15-29-8-10-30(11-9-29)17-4-6-24-7-5-17/h2-7,12-14H,8-11,15H2,1H3. The highest BCUT2D eigenvalue weighted by Gasteiger charge is 2.20. The number of anilines is 1. The van der Waals surface area contributed by atoms with Gasteiger partial charge < -0.3 is 4.90 Å². The SMILES string of the molecule is Cn1cc(-c2cnc3ccc(Cl)nc3c2)c(CN2CCN(c3ccncc3)CC2)n1. The van der Waals surface area contributed by atoms with Gasteiger partial charge in [0.1, 0.15) is 5.15 Å². The number of aromatic nitrogens is 5. The predicted octanol–water partition coefficient (Wildman–Crippen LogP) is 3.40. The third kappa shape index (κ3) is 3.86. The van der Waals surface area contributed by atoms with Gasteiger partial charge in [0.05, 0.1) is 16.7 Å². The van der Waals surface area contributed by atoms with E-state index in [0.717, 1.165) is 60.6 Å². The number of piperazine rings is 1. The molecule has 0 spiro atoms. The van der Waals surface area contributed by atoms with Crippen molar-refractivity contribution >= 4 is 28.3 Å². The first-order valence-corrected chi connectivity index (χ1v) is 10.4. The molecule has 0 aromatic carbocycles. The summed E-state index contributed by atoms with van der Waals surface area (Å²) < 4.78 is 1.87. The van der Waals surface area contributed by atoms with Crippen molar-refractivity contribution in [2.45, 2.75) is 6.54 Å². The number of nitrogens with zero attached hydrogens (tertiary/aromatic N) is 7. The van der Waals surface area contributed by atoms with E-state index >= 15 is 0 Å². The Morgan fingerprint density at radius 3 is 2.60 bits per heavy atom. The third-order valence-corrected chi connectivity index (χ3v) is 5.70. The highest BCUT2D eigenvalue weighted by Crippen LogP contribution is 2.27. The largest absolute Gasteiger partial charge is 0.369 e. The van der Waals surface area contributed by atoms with Crippen LogP contribution in [-0.2, 0) is 13.6 Å². The molecule has 7 nitrogen and oxygen atoms in total. The van der Waals surface area contributed by atoms with E-state index in [1.54, 1.807) is 6.07 Å². The van der Waals surface area contributed by atoms with Crippen LogP contribution in [0.3, 0.4) is 0 Å². The van der Waals surface area contributed by atoms with Gasteiger partial charge >= 0.3 is 0 Å². The zero-order valence-corrected chi connectivity index (χ0v) is 17.5. The van der Waals surface area contributed by atoms with E-state index in [1.165, 1.54) is 5.69 Å². The zero-order valence-electron chi connectivity index (χ0n) is 16.7. The van der Waals surface area contributed by atoms with Crippen molar-refractivity contribution in [3.05, 3.63) is 66.0 Å². The summed E-state index contributed by atoms with van der Waals surface area (Å²) in [4.78, 5) is 17.9. The van der Waals surface area contributed by atoms with Crippen molar-refractivity contribution in [2.24, 2.45) is 7.05 Å². The molecule has 5 heterocycles. The van der Waals surface area contributed by atoms with Crippen LogP contribution in [0.4, 0.5) is 5.69 Å². The summed E-state index contributed by atoms with van der Waals surface area (Å²) >= 11 is 6.07. The van der Waals surface area contributed by atoms with E-state index < -0.39 is 0 Å². The number of hydrogen-bond donors (Lipinski definition) is 0. The molecular weight excluding hydrogens is 398 g/mol. The summed E-state index contributed by atoms with van der Waals surface area (Å²) in [5.74, 6) is 0. The normalized spacial score (nSPS) is 15.1. The second kappa shape index (κ2) is 8.01. The molecule has 8 heteroatoms. The molecule has 1 aliphatic heterocycles. The van der Waals surface area contributed by atoms with E-state index in [2.05, 4.69) is 43.1 Å². The fourth-order valence-corrected chi connectivity index (χ4v) is 4.11. The maximum atomic E-state index is 6.07. The molecule has 0 saturated carbocycles. The van der Waals surface area contributed by atoms with Crippen LogP contribution in [0.25, 0.3) is 22.2 Å². The fourth-order valence-electron chi connectivity index (χ4n) is 3.95. The topological polar surface area (TPSA) is 63.0 Å². The molecule has 0 amide bonds. The average molecular weight is 420 g/mol. The minimum Gasteiger partial charge on any atom is -0.369 e. The molecule has 0 radical (unpaired) electrons. The second-order valence-corrected chi connectivity index (χ2v) is 7.92. The number of aryl methyl sites for hydroxylation is 1. The average Bonchev–Trinajstić information content (AvgIpc) is 3.14. The lowest BCUT2D eigenvalue weighted by Crippen LogP contribution is -2.46. The molecule has 1 aliphatic rings. The molecule has 5 rings (SSSR count). The minimum atomic E-state index is 0.472. The summed E-state index contributed by atoms with van der Waals surface area (Å²) in [6, 6.07) is 9.83. The van der Waals surface area contributed by atoms with Crippen LogP contribution in [0.1, 0.15) is 5.69 Å². The van der Waals surface area contributed by atoms with E-state index in [-0.39, 0.29) is 0 Å². The molecule has 0 aliphatic carbocycles. The Morgan fingerprint density at radius 2 is 1.80 bits per heavy atom. The minimum absolute atomic E-state index is 0.472. The van der Waals surface area contributed by atoms with Crippen molar-refractivity contribution in [2.75, 3.05) is 31.1 Å². The first-order valence-electron chi connectivity index (χ1n) is 9.98. The Bertz CT molecular complexity index is 1170. The van der Waals surface area contributed by atoms with Crippen molar-refractivity contribution in [1.29, 1.82) is 0 Å². The first kappa shape index (κ1) is 19.0. The molecular formula is C22H22ClN7. The molecule has 152 valence electrons. The first-order chi connectivity index (χ1) is 14.7. The lowest BCUT2D eigenvalue weighted by molar-refractivity contribution is 0.247. The molecule has 0 bridgehead atoms. The Hall–Kier alpha value is -3.03. The molecule has 1 saturated heterocycles. The van der Waals surface area contributed by atoms with Gasteiger partial charge in [-0.2, -0.15) is 5.10 Å². The maximum Gasteiger partial charge on any atom is 0.129 e. The predicted molar refractivity (Wildman–Crippen MR) is 118 cm³/mol. The lowest BCUT2D eigenvalue weighted by Gasteiger charge is -2.35. The van der Waals surface area contributed by atoms with E-state index in [1.807, 2.05) is 42.5 Å². The summed E-state index contributed by atoms with van der Waals surface area (Å²) in [6.45, 7) is 4.77. The molecule has 0 N–H and O–H groups in total. The van der Waals surface area contributed by atoms with Crippen LogP contribution in [0.5, 0.6) is 0 Å². The lowest BCUT2D eigenvalue weighted by atomic mass is 10.1. The van der Waals surface area contributed by atoms with E-state index in [4.69, 9.17) is 16.7 Å². The zero-order chi connectivity index (χ0) is 20.5. The van der Waals surface area contributed by atoms with Crippen LogP contribution in [0.2, 0.25) is 5.15 Å². The van der Waals surface area contributed by atoms with Crippen molar-refractivity contribution in [3.8, 4) is 11.1 Å². The highest BCUT2D eigenvalue weighted by molar-refractivity contribution is 6.29. The quantitative estimate of drug-likeness (QED) is 0.472. The Balaban J connectivity index is 1.35. The van der Waals surface area contributed by atoms with Crippen molar-refractivity contribution in [3.63, 3.8) is 0 Å². The molecule has 4 aromatic heterocycles. The fraction of sp³-hybridized carbons (Fsp3) is 0.273. The summed E-state index contributed by atoms with van der Waals surface area (Å²) in [6.07, 6.45) is 7.64. The van der Waals surface area contributed by atoms with Crippen LogP contribution in [0.15, 0.2) is 55.1 Å². The maximum absolute atomic E-state index is 6.07. The van der Waals surface area contributed by atoms with Gasteiger partial charge in [0.15, 0.2) is 0 Å². The van der Waals surface area contributed by atoms with Gasteiger partial charge in [0.2, 0.25) is 0 Å². The van der Waals surface area contributed by atoms with Gasteiger partial charge in [0.25, 0.3) is 0 Å². The highest BCUT2D eigenvalue weighted by atomic mass is 35.5. The summed E-state index contributed by atoms with van der Waals surface area (Å²) in [5.41, 5.74) is 6.01. The van der Waals surface area contributed by atoms with Gasteiger partial charge in [0, 0.05) is 81.4 Å². The van der Waals surface area contributed by atoms with Gasteiger partial charge in [-0.25, -0.2) is 4.98 Å².